The average molecular weight is 307 g/mol. The van der Waals surface area contributed by atoms with Crippen LogP contribution in [-0.4, -0.2) is 22.0 Å². The molecule has 17 heavy (non-hydrogen) atoms. The number of alkyl halides is 3. The summed E-state index contributed by atoms with van der Waals surface area (Å²) in [6.45, 7) is -1.17. The van der Waals surface area contributed by atoms with Gasteiger partial charge in [-0.3, -0.25) is 4.79 Å². The van der Waals surface area contributed by atoms with Crippen LogP contribution < -0.4 is 0 Å². The maximum absolute atomic E-state index is 12.3. The van der Waals surface area contributed by atoms with Crippen LogP contribution in [0, 0.1) is 0 Å². The van der Waals surface area contributed by atoms with Crippen molar-refractivity contribution in [3.63, 3.8) is 0 Å². The second-order valence-corrected chi connectivity index (χ2v) is 4.29. The monoisotopic (exact) mass is 306 g/mol. The molecule has 2 aromatic heterocycles. The minimum atomic E-state index is -4.35. The molecule has 0 radical (unpaired) electrons. The highest BCUT2D eigenvalue weighted by molar-refractivity contribution is 9.10. The first-order chi connectivity index (χ1) is 7.92. The van der Waals surface area contributed by atoms with Crippen LogP contribution in [0.4, 0.5) is 13.2 Å². The summed E-state index contributed by atoms with van der Waals surface area (Å²) in [6, 6.07) is 1.58. The first-order valence-electron chi connectivity index (χ1n) is 4.57. The predicted octanol–water partition coefficient (Wildman–Crippen LogP) is 3.17. The summed E-state index contributed by atoms with van der Waals surface area (Å²) in [5, 5.41) is 0.395. The summed E-state index contributed by atoms with van der Waals surface area (Å²) in [5.74, 6) is 0. The molecule has 0 saturated carbocycles. The molecule has 90 valence electrons. The fourth-order valence-corrected chi connectivity index (χ4v) is 2.13. The third-order valence-corrected chi connectivity index (χ3v) is 2.87. The number of hydrogen-bond acceptors (Lipinski definition) is 2. The second kappa shape index (κ2) is 4.14. The lowest BCUT2D eigenvalue weighted by atomic mass is 10.2. The molecule has 0 N–H and O–H groups in total. The number of carbonyl (C=O) groups is 1. The highest BCUT2D eigenvalue weighted by Crippen LogP contribution is 2.28. The summed E-state index contributed by atoms with van der Waals surface area (Å²) in [6.07, 6.45) is -1.30. The van der Waals surface area contributed by atoms with Crippen molar-refractivity contribution in [1.29, 1.82) is 0 Å². The quantitative estimate of drug-likeness (QED) is 0.799. The lowest BCUT2D eigenvalue weighted by Crippen LogP contribution is -2.17. The van der Waals surface area contributed by atoms with E-state index in [4.69, 9.17) is 0 Å². The van der Waals surface area contributed by atoms with Crippen LogP contribution in [0.1, 0.15) is 10.4 Å². The van der Waals surface area contributed by atoms with Gasteiger partial charge in [-0.25, -0.2) is 4.98 Å². The summed E-state index contributed by atoms with van der Waals surface area (Å²) in [7, 11) is 0. The maximum atomic E-state index is 12.3. The molecular formula is C10H6BrF3N2O. The molecule has 0 aliphatic carbocycles. The molecule has 0 spiro atoms. The third-order valence-electron chi connectivity index (χ3n) is 2.21. The van der Waals surface area contributed by atoms with Crippen molar-refractivity contribution in [3.05, 3.63) is 28.5 Å². The Labute approximate surface area is 102 Å². The van der Waals surface area contributed by atoms with Crippen molar-refractivity contribution in [2.24, 2.45) is 0 Å². The number of fused-ring (bicyclic) bond motifs is 1. The van der Waals surface area contributed by atoms with Gasteiger partial charge >= 0.3 is 6.18 Å². The van der Waals surface area contributed by atoms with Gasteiger partial charge in [-0.2, -0.15) is 13.2 Å². The standard InChI is InChI=1S/C10H6BrF3N2O/c11-7-1-2-15-9-8(7)6(4-17)3-16(9)5-10(12,13)14/h1-4H,5H2. The topological polar surface area (TPSA) is 34.9 Å². The van der Waals surface area contributed by atoms with Crippen LogP contribution in [0.5, 0.6) is 0 Å². The molecule has 0 aromatic carbocycles. The van der Waals surface area contributed by atoms with Gasteiger partial charge in [0.2, 0.25) is 0 Å². The van der Waals surface area contributed by atoms with E-state index in [9.17, 15) is 18.0 Å². The summed E-state index contributed by atoms with van der Waals surface area (Å²) in [4.78, 5) is 14.7. The van der Waals surface area contributed by atoms with Crippen LogP contribution in [0.25, 0.3) is 11.0 Å². The van der Waals surface area contributed by atoms with E-state index in [0.717, 1.165) is 10.8 Å². The Morgan fingerprint density at radius 1 is 1.47 bits per heavy atom. The van der Waals surface area contributed by atoms with E-state index in [-0.39, 0.29) is 11.2 Å². The van der Waals surface area contributed by atoms with Crippen LogP contribution >= 0.6 is 15.9 Å². The van der Waals surface area contributed by atoms with Gasteiger partial charge in [0.05, 0.1) is 0 Å². The lowest BCUT2D eigenvalue weighted by Gasteiger charge is -2.08. The van der Waals surface area contributed by atoms with Gasteiger partial charge in [0, 0.05) is 27.8 Å². The Morgan fingerprint density at radius 3 is 2.76 bits per heavy atom. The van der Waals surface area contributed by atoms with E-state index in [1.54, 1.807) is 6.07 Å². The Bertz CT molecular complexity index is 577. The number of pyridine rings is 1. The number of aldehydes is 1. The number of rotatable bonds is 2. The first kappa shape index (κ1) is 12.1. The fourth-order valence-electron chi connectivity index (χ4n) is 1.61. The van der Waals surface area contributed by atoms with E-state index in [1.807, 2.05) is 0 Å². The summed E-state index contributed by atoms with van der Waals surface area (Å²) in [5.41, 5.74) is 0.322. The second-order valence-electron chi connectivity index (χ2n) is 3.44. The van der Waals surface area contributed by atoms with Crippen molar-refractivity contribution in [1.82, 2.24) is 9.55 Å². The third kappa shape index (κ3) is 2.33. The largest absolute Gasteiger partial charge is 0.406 e. The highest BCUT2D eigenvalue weighted by Gasteiger charge is 2.29. The highest BCUT2D eigenvalue weighted by atomic mass is 79.9. The molecule has 0 unspecified atom stereocenters. The van der Waals surface area contributed by atoms with Gasteiger partial charge in [0.25, 0.3) is 0 Å². The molecule has 0 atom stereocenters. The molecule has 0 saturated heterocycles. The summed E-state index contributed by atoms with van der Waals surface area (Å²) < 4.78 is 38.5. The number of nitrogens with zero attached hydrogens (tertiary/aromatic N) is 2. The normalized spacial score (nSPS) is 12.0. The maximum Gasteiger partial charge on any atom is 0.406 e. The van der Waals surface area contributed by atoms with Crippen molar-refractivity contribution >= 4 is 33.2 Å². The van der Waals surface area contributed by atoms with Gasteiger partial charge in [0.15, 0.2) is 6.29 Å². The molecular weight excluding hydrogens is 301 g/mol. The molecule has 0 amide bonds. The van der Waals surface area contributed by atoms with Gasteiger partial charge in [-0.15, -0.1) is 0 Å². The fraction of sp³-hybridized carbons (Fsp3) is 0.200. The van der Waals surface area contributed by atoms with Gasteiger partial charge in [-0.1, -0.05) is 0 Å². The molecule has 2 heterocycles. The predicted molar refractivity (Wildman–Crippen MR) is 58.9 cm³/mol. The van der Waals surface area contributed by atoms with Crippen molar-refractivity contribution in [2.75, 3.05) is 0 Å². The molecule has 3 nitrogen and oxygen atoms in total. The van der Waals surface area contributed by atoms with E-state index in [2.05, 4.69) is 20.9 Å². The molecule has 2 rings (SSSR count). The van der Waals surface area contributed by atoms with Crippen LogP contribution in [0.2, 0.25) is 0 Å². The van der Waals surface area contributed by atoms with Crippen molar-refractivity contribution in [3.8, 4) is 0 Å². The van der Waals surface area contributed by atoms with Crippen LogP contribution in [0.3, 0.4) is 0 Å². The average Bonchev–Trinajstić information content (AvgIpc) is 2.56. The van der Waals surface area contributed by atoms with Crippen LogP contribution in [0.15, 0.2) is 22.9 Å². The van der Waals surface area contributed by atoms with E-state index < -0.39 is 12.7 Å². The lowest BCUT2D eigenvalue weighted by molar-refractivity contribution is -0.139. The Morgan fingerprint density at radius 2 is 2.18 bits per heavy atom. The number of carbonyl (C=O) groups excluding carboxylic acids is 1. The smallest absolute Gasteiger partial charge is 0.323 e. The SMILES string of the molecule is O=Cc1cn(CC(F)(F)F)c2nccc(Br)c12. The molecule has 0 aliphatic heterocycles. The molecule has 7 heteroatoms. The molecule has 2 aromatic rings. The van der Waals surface area contributed by atoms with Crippen LogP contribution in [-0.2, 0) is 6.54 Å². The zero-order valence-corrected chi connectivity index (χ0v) is 9.92. The Balaban J connectivity index is 2.66. The van der Waals surface area contributed by atoms with Gasteiger partial charge in [0.1, 0.15) is 12.2 Å². The minimum Gasteiger partial charge on any atom is -0.323 e. The van der Waals surface area contributed by atoms with Gasteiger partial charge < -0.3 is 4.57 Å². The van der Waals surface area contributed by atoms with E-state index in [0.29, 0.717) is 16.1 Å². The molecule has 0 bridgehead atoms. The number of aromatic nitrogens is 2. The van der Waals surface area contributed by atoms with Gasteiger partial charge in [-0.05, 0) is 22.0 Å². The first-order valence-corrected chi connectivity index (χ1v) is 5.37. The molecule has 0 aliphatic rings. The summed E-state index contributed by atoms with van der Waals surface area (Å²) >= 11 is 3.19. The number of halogens is 4. The zero-order valence-electron chi connectivity index (χ0n) is 8.33. The molecule has 0 fully saturated rings. The van der Waals surface area contributed by atoms with Crippen molar-refractivity contribution in [2.45, 2.75) is 12.7 Å². The van der Waals surface area contributed by atoms with E-state index in [1.165, 1.54) is 6.20 Å². The number of hydrogen-bond donors (Lipinski definition) is 0. The van der Waals surface area contributed by atoms with E-state index >= 15 is 0 Å². The van der Waals surface area contributed by atoms with Crippen molar-refractivity contribution < 1.29 is 18.0 Å². The Kier molecular flexibility index (Phi) is 2.94. The minimum absolute atomic E-state index is 0.138. The Hall–Kier alpha value is -1.37. The zero-order chi connectivity index (χ0) is 12.6.